The van der Waals surface area contributed by atoms with Crippen LogP contribution in [0.2, 0.25) is 0 Å². The molecule has 1 aromatic heterocycles. The van der Waals surface area contributed by atoms with Gasteiger partial charge < -0.3 is 9.84 Å². The average Bonchev–Trinajstić information content (AvgIpc) is 2.71. The minimum atomic E-state index is -3.56. The van der Waals surface area contributed by atoms with Gasteiger partial charge in [0, 0.05) is 32.9 Å². The van der Waals surface area contributed by atoms with Gasteiger partial charge in [0.2, 0.25) is 10.0 Å². The molecule has 21 heavy (non-hydrogen) atoms. The third-order valence-corrected chi connectivity index (χ3v) is 4.79. The standard InChI is InChI=1S/C13H25N3O4S/c1-4-20-10-5-7-14-21(18,19)13-11(2)15-16(12(13)3)8-6-9-17/h14,17H,4-10H2,1-3H3. The van der Waals surface area contributed by atoms with Crippen molar-refractivity contribution in [2.24, 2.45) is 0 Å². The van der Waals surface area contributed by atoms with Crippen molar-refractivity contribution in [1.82, 2.24) is 14.5 Å². The Labute approximate surface area is 126 Å². The van der Waals surface area contributed by atoms with Crippen LogP contribution in [0.3, 0.4) is 0 Å². The predicted molar refractivity (Wildman–Crippen MR) is 79.7 cm³/mol. The first kappa shape index (κ1) is 18.1. The Morgan fingerprint density at radius 1 is 1.33 bits per heavy atom. The number of aliphatic hydroxyl groups is 1. The molecule has 0 aliphatic rings. The quantitative estimate of drug-likeness (QED) is 0.616. The van der Waals surface area contributed by atoms with Crippen LogP contribution in [0.5, 0.6) is 0 Å². The fourth-order valence-electron chi connectivity index (χ4n) is 2.10. The van der Waals surface area contributed by atoms with E-state index in [0.717, 1.165) is 0 Å². The molecule has 0 spiro atoms. The number of rotatable bonds is 10. The lowest BCUT2D eigenvalue weighted by Gasteiger charge is -2.08. The number of aliphatic hydroxyl groups excluding tert-OH is 1. The maximum absolute atomic E-state index is 12.3. The van der Waals surface area contributed by atoms with Crippen molar-refractivity contribution in [2.45, 2.75) is 45.1 Å². The van der Waals surface area contributed by atoms with E-state index < -0.39 is 10.0 Å². The molecule has 0 fully saturated rings. The van der Waals surface area contributed by atoms with Gasteiger partial charge in [-0.3, -0.25) is 4.68 Å². The zero-order valence-electron chi connectivity index (χ0n) is 12.9. The summed E-state index contributed by atoms with van der Waals surface area (Å²) in [6.07, 6.45) is 1.17. The molecule has 0 saturated heterocycles. The van der Waals surface area contributed by atoms with Crippen LogP contribution in [0.15, 0.2) is 4.90 Å². The van der Waals surface area contributed by atoms with Crippen LogP contribution in [0, 0.1) is 13.8 Å². The van der Waals surface area contributed by atoms with E-state index in [2.05, 4.69) is 9.82 Å². The van der Waals surface area contributed by atoms with Gasteiger partial charge in [-0.15, -0.1) is 0 Å². The van der Waals surface area contributed by atoms with Crippen molar-refractivity contribution in [3.63, 3.8) is 0 Å². The SMILES string of the molecule is CCOCCCNS(=O)(=O)c1c(C)nn(CCCO)c1C. The molecular formula is C13H25N3O4S. The molecule has 1 rings (SSSR count). The third-order valence-electron chi connectivity index (χ3n) is 3.07. The summed E-state index contributed by atoms with van der Waals surface area (Å²) in [6.45, 7) is 7.36. The first-order valence-corrected chi connectivity index (χ1v) is 8.64. The summed E-state index contributed by atoms with van der Waals surface area (Å²) in [5.41, 5.74) is 1.07. The van der Waals surface area contributed by atoms with E-state index in [9.17, 15) is 8.42 Å². The third kappa shape index (κ3) is 5.06. The fourth-order valence-corrected chi connectivity index (χ4v) is 3.59. The van der Waals surface area contributed by atoms with Crippen molar-refractivity contribution < 1.29 is 18.3 Å². The zero-order valence-corrected chi connectivity index (χ0v) is 13.7. The lowest BCUT2D eigenvalue weighted by atomic mass is 10.4. The lowest BCUT2D eigenvalue weighted by Crippen LogP contribution is -2.26. The van der Waals surface area contributed by atoms with Crippen LogP contribution in [-0.4, -0.2) is 49.7 Å². The van der Waals surface area contributed by atoms with E-state index in [4.69, 9.17) is 9.84 Å². The van der Waals surface area contributed by atoms with Gasteiger partial charge in [-0.05, 0) is 33.6 Å². The number of nitrogens with one attached hydrogen (secondary N) is 1. The van der Waals surface area contributed by atoms with Gasteiger partial charge in [0.15, 0.2) is 0 Å². The van der Waals surface area contributed by atoms with Crippen LogP contribution in [0.4, 0.5) is 0 Å². The maximum atomic E-state index is 12.3. The Balaban J connectivity index is 2.76. The van der Waals surface area contributed by atoms with Crippen molar-refractivity contribution in [2.75, 3.05) is 26.4 Å². The molecule has 0 unspecified atom stereocenters. The molecule has 0 saturated carbocycles. The number of aromatic nitrogens is 2. The summed E-state index contributed by atoms with van der Waals surface area (Å²) in [6, 6.07) is 0. The van der Waals surface area contributed by atoms with E-state index in [1.807, 2.05) is 6.92 Å². The lowest BCUT2D eigenvalue weighted by molar-refractivity contribution is 0.146. The topological polar surface area (TPSA) is 93.5 Å². The predicted octanol–water partition coefficient (Wildman–Crippen LogP) is 0.587. The Morgan fingerprint density at radius 3 is 2.67 bits per heavy atom. The molecule has 0 aliphatic heterocycles. The van der Waals surface area contributed by atoms with E-state index in [1.165, 1.54) is 0 Å². The number of aryl methyl sites for hydroxylation is 2. The number of nitrogens with zero attached hydrogens (tertiary/aromatic N) is 2. The molecule has 7 nitrogen and oxygen atoms in total. The van der Waals surface area contributed by atoms with Gasteiger partial charge in [0.05, 0.1) is 11.4 Å². The Morgan fingerprint density at radius 2 is 2.05 bits per heavy atom. The highest BCUT2D eigenvalue weighted by Crippen LogP contribution is 2.19. The number of hydrogen-bond acceptors (Lipinski definition) is 5. The smallest absolute Gasteiger partial charge is 0.244 e. The van der Waals surface area contributed by atoms with Gasteiger partial charge in [-0.1, -0.05) is 0 Å². The Kier molecular flexibility index (Phi) is 7.30. The minimum Gasteiger partial charge on any atom is -0.396 e. The Hall–Kier alpha value is -0.960. The first-order valence-electron chi connectivity index (χ1n) is 7.16. The highest BCUT2D eigenvalue weighted by molar-refractivity contribution is 7.89. The number of sulfonamides is 1. The summed E-state index contributed by atoms with van der Waals surface area (Å²) in [4.78, 5) is 0.233. The summed E-state index contributed by atoms with van der Waals surface area (Å²) in [5.74, 6) is 0. The number of ether oxygens (including phenoxy) is 1. The van der Waals surface area contributed by atoms with Crippen molar-refractivity contribution in [3.05, 3.63) is 11.4 Å². The van der Waals surface area contributed by atoms with E-state index in [-0.39, 0.29) is 11.5 Å². The molecule has 122 valence electrons. The van der Waals surface area contributed by atoms with Gasteiger partial charge in [-0.2, -0.15) is 5.10 Å². The van der Waals surface area contributed by atoms with Crippen LogP contribution < -0.4 is 4.72 Å². The van der Waals surface area contributed by atoms with E-state index >= 15 is 0 Å². The summed E-state index contributed by atoms with van der Waals surface area (Å²) < 4.78 is 34.1. The first-order chi connectivity index (χ1) is 9.94. The second kappa shape index (κ2) is 8.47. The zero-order chi connectivity index (χ0) is 15.9. The fraction of sp³-hybridized carbons (Fsp3) is 0.769. The Bertz CT molecular complexity index is 540. The second-order valence-electron chi connectivity index (χ2n) is 4.75. The van der Waals surface area contributed by atoms with Crippen LogP contribution in [0.1, 0.15) is 31.2 Å². The molecule has 0 aliphatic carbocycles. The molecule has 8 heteroatoms. The molecule has 1 heterocycles. The van der Waals surface area contributed by atoms with Crippen LogP contribution in [-0.2, 0) is 21.3 Å². The molecule has 0 amide bonds. The summed E-state index contributed by atoms with van der Waals surface area (Å²) >= 11 is 0. The largest absolute Gasteiger partial charge is 0.396 e. The highest BCUT2D eigenvalue weighted by Gasteiger charge is 2.23. The van der Waals surface area contributed by atoms with Gasteiger partial charge in [-0.25, -0.2) is 13.1 Å². The van der Waals surface area contributed by atoms with Crippen molar-refractivity contribution >= 4 is 10.0 Å². The number of hydrogen-bond donors (Lipinski definition) is 2. The molecule has 1 aromatic rings. The molecule has 0 aromatic carbocycles. The van der Waals surface area contributed by atoms with Crippen LogP contribution in [0.25, 0.3) is 0 Å². The summed E-state index contributed by atoms with van der Waals surface area (Å²) in [7, 11) is -3.56. The molecule has 0 bridgehead atoms. The molecule has 0 atom stereocenters. The van der Waals surface area contributed by atoms with Gasteiger partial charge >= 0.3 is 0 Å². The molecular weight excluding hydrogens is 294 g/mol. The monoisotopic (exact) mass is 319 g/mol. The highest BCUT2D eigenvalue weighted by atomic mass is 32.2. The van der Waals surface area contributed by atoms with Crippen molar-refractivity contribution in [1.29, 1.82) is 0 Å². The molecule has 0 radical (unpaired) electrons. The van der Waals surface area contributed by atoms with E-state index in [1.54, 1.807) is 18.5 Å². The molecule has 2 N–H and O–H groups in total. The van der Waals surface area contributed by atoms with Crippen LogP contribution >= 0.6 is 0 Å². The summed E-state index contributed by atoms with van der Waals surface area (Å²) in [5, 5.41) is 13.1. The van der Waals surface area contributed by atoms with Crippen molar-refractivity contribution in [3.8, 4) is 0 Å². The average molecular weight is 319 g/mol. The normalized spacial score (nSPS) is 12.0. The second-order valence-corrected chi connectivity index (χ2v) is 6.45. The van der Waals surface area contributed by atoms with Gasteiger partial charge in [0.1, 0.15) is 4.90 Å². The van der Waals surface area contributed by atoms with Gasteiger partial charge in [0.25, 0.3) is 0 Å². The minimum absolute atomic E-state index is 0.0517. The van der Waals surface area contributed by atoms with E-state index in [0.29, 0.717) is 50.5 Å². The maximum Gasteiger partial charge on any atom is 0.244 e.